The molecule has 0 atom stereocenters. The number of benzene rings is 2. The number of hydrogen-bond acceptors (Lipinski definition) is 5. The first-order valence-electron chi connectivity index (χ1n) is 10.9. The number of phenols is 1. The minimum atomic E-state index is -0.666. The summed E-state index contributed by atoms with van der Waals surface area (Å²) in [7, 11) is 1.57. The number of imidazole rings is 1. The third-order valence-electron chi connectivity index (χ3n) is 6.04. The molecule has 0 radical (unpaired) electrons. The average molecular weight is 463 g/mol. The van der Waals surface area contributed by atoms with Crippen LogP contribution in [0.5, 0.6) is 5.75 Å². The molecule has 1 fully saturated rings. The summed E-state index contributed by atoms with van der Waals surface area (Å²) in [6.07, 6.45) is 4.63. The first-order valence-corrected chi connectivity index (χ1v) is 10.9. The molecule has 0 saturated carbocycles. The molecule has 1 saturated heterocycles. The number of piperazine rings is 1. The van der Waals surface area contributed by atoms with Crippen molar-refractivity contribution < 1.29 is 13.9 Å². The van der Waals surface area contributed by atoms with Crippen LogP contribution in [0, 0.1) is 11.6 Å². The molecular formula is C25H23F2N5O2. The molecule has 1 aliphatic heterocycles. The minimum absolute atomic E-state index is 0.0697. The molecule has 7 nitrogen and oxygen atoms in total. The number of pyridine rings is 1. The number of aryl methyl sites for hydroxylation is 1. The molecule has 2 N–H and O–H groups in total. The van der Waals surface area contributed by atoms with Gasteiger partial charge in [-0.05, 0) is 47.5 Å². The van der Waals surface area contributed by atoms with Gasteiger partial charge < -0.3 is 19.9 Å². The molecule has 1 aliphatic rings. The van der Waals surface area contributed by atoms with Crippen LogP contribution in [0.15, 0.2) is 65.8 Å². The van der Waals surface area contributed by atoms with E-state index in [2.05, 4.69) is 15.2 Å². The van der Waals surface area contributed by atoms with Gasteiger partial charge >= 0.3 is 5.69 Å². The van der Waals surface area contributed by atoms with E-state index in [9.17, 15) is 18.7 Å². The minimum Gasteiger partial charge on any atom is -0.507 e. The van der Waals surface area contributed by atoms with Crippen LogP contribution in [-0.4, -0.2) is 45.4 Å². The van der Waals surface area contributed by atoms with E-state index in [0.29, 0.717) is 11.1 Å². The lowest BCUT2D eigenvalue weighted by Gasteiger charge is -2.28. The van der Waals surface area contributed by atoms with Crippen LogP contribution in [0.4, 0.5) is 14.6 Å². The number of phenolic OH excluding ortho intramolecular Hbond substituents is 1. The lowest BCUT2D eigenvalue weighted by molar-refractivity contribution is 0.477. The summed E-state index contributed by atoms with van der Waals surface area (Å²) >= 11 is 0. The zero-order valence-electron chi connectivity index (χ0n) is 18.5. The average Bonchev–Trinajstić information content (AvgIpc) is 3.18. The molecular weight excluding hydrogens is 440 g/mol. The second-order valence-corrected chi connectivity index (χ2v) is 8.22. The van der Waals surface area contributed by atoms with Crippen LogP contribution in [0.1, 0.15) is 0 Å². The maximum Gasteiger partial charge on any atom is 0.332 e. The smallest absolute Gasteiger partial charge is 0.332 e. The third kappa shape index (κ3) is 3.94. The normalized spacial score (nSPS) is 13.9. The molecule has 0 aliphatic carbocycles. The zero-order chi connectivity index (χ0) is 23.8. The topological polar surface area (TPSA) is 75.3 Å². The first kappa shape index (κ1) is 21.8. The standard InChI is InChI=1S/C25H23F2N5O2/c1-30-10-11-32(25(30)34)22-3-2-16(12-21(22)27)19-14-18(26)15-20(24(19)33)17-4-5-29-23(13-17)31-8-6-28-7-9-31/h2-5,10-15,28,33H,6-9H2,1H3. The van der Waals surface area contributed by atoms with Gasteiger partial charge in [-0.3, -0.25) is 4.57 Å². The molecule has 2 aromatic carbocycles. The number of nitrogens with zero attached hydrogens (tertiary/aromatic N) is 4. The van der Waals surface area contributed by atoms with E-state index in [1.807, 2.05) is 6.07 Å². The maximum atomic E-state index is 15.0. The molecule has 0 bridgehead atoms. The Bertz CT molecular complexity index is 1420. The Morgan fingerprint density at radius 3 is 2.32 bits per heavy atom. The van der Waals surface area contributed by atoms with Gasteiger partial charge in [-0.25, -0.2) is 18.6 Å². The summed E-state index contributed by atoms with van der Waals surface area (Å²) in [5.41, 5.74) is 1.02. The quantitative estimate of drug-likeness (QED) is 0.486. The van der Waals surface area contributed by atoms with E-state index >= 15 is 0 Å². The van der Waals surface area contributed by atoms with Crippen molar-refractivity contribution >= 4 is 5.82 Å². The molecule has 0 unspecified atom stereocenters. The van der Waals surface area contributed by atoms with Gasteiger partial charge in [0.05, 0.1) is 5.69 Å². The molecule has 4 aromatic rings. The number of hydrogen-bond donors (Lipinski definition) is 2. The number of rotatable bonds is 4. The van der Waals surface area contributed by atoms with Crippen LogP contribution < -0.4 is 15.9 Å². The van der Waals surface area contributed by atoms with Crippen LogP contribution in [-0.2, 0) is 7.05 Å². The lowest BCUT2D eigenvalue weighted by atomic mass is 9.97. The van der Waals surface area contributed by atoms with E-state index in [4.69, 9.17) is 0 Å². The second kappa shape index (κ2) is 8.75. The van der Waals surface area contributed by atoms with Crippen molar-refractivity contribution in [1.82, 2.24) is 19.4 Å². The monoisotopic (exact) mass is 463 g/mol. The van der Waals surface area contributed by atoms with Crippen LogP contribution in [0.3, 0.4) is 0 Å². The Morgan fingerprint density at radius 2 is 1.68 bits per heavy atom. The zero-order valence-corrected chi connectivity index (χ0v) is 18.5. The summed E-state index contributed by atoms with van der Waals surface area (Å²) in [5.74, 6) is -0.649. The molecule has 2 aromatic heterocycles. The highest BCUT2D eigenvalue weighted by Crippen LogP contribution is 2.40. The van der Waals surface area contributed by atoms with E-state index < -0.39 is 11.6 Å². The Morgan fingerprint density at radius 1 is 0.971 bits per heavy atom. The van der Waals surface area contributed by atoms with Gasteiger partial charge in [0.15, 0.2) is 0 Å². The van der Waals surface area contributed by atoms with Crippen molar-refractivity contribution in [3.8, 4) is 33.7 Å². The molecule has 9 heteroatoms. The van der Waals surface area contributed by atoms with Gasteiger partial charge in [0.2, 0.25) is 0 Å². The Kier molecular flexibility index (Phi) is 5.62. The SMILES string of the molecule is Cn1ccn(-c2ccc(-c3cc(F)cc(-c4ccnc(N5CCNCC5)c4)c3O)cc2F)c1=O. The van der Waals surface area contributed by atoms with Crippen molar-refractivity contribution in [2.24, 2.45) is 7.05 Å². The van der Waals surface area contributed by atoms with Crippen molar-refractivity contribution in [3.05, 3.63) is 83.2 Å². The third-order valence-corrected chi connectivity index (χ3v) is 6.04. The van der Waals surface area contributed by atoms with Gasteiger partial charge in [-0.1, -0.05) is 6.07 Å². The molecule has 0 spiro atoms. The maximum absolute atomic E-state index is 15.0. The van der Waals surface area contributed by atoms with E-state index in [-0.39, 0.29) is 28.3 Å². The van der Waals surface area contributed by atoms with Gasteiger partial charge in [0.25, 0.3) is 0 Å². The molecule has 34 heavy (non-hydrogen) atoms. The van der Waals surface area contributed by atoms with E-state index in [0.717, 1.165) is 32.0 Å². The number of anilines is 1. The summed E-state index contributed by atoms with van der Waals surface area (Å²) in [6, 6.07) is 10.1. The number of aromatic nitrogens is 3. The molecule has 3 heterocycles. The van der Waals surface area contributed by atoms with Crippen LogP contribution in [0.25, 0.3) is 27.9 Å². The Hall–Kier alpha value is -3.98. The van der Waals surface area contributed by atoms with Crippen LogP contribution in [0.2, 0.25) is 0 Å². The van der Waals surface area contributed by atoms with Crippen molar-refractivity contribution in [3.63, 3.8) is 0 Å². The highest BCUT2D eigenvalue weighted by atomic mass is 19.1. The molecule has 0 amide bonds. The summed E-state index contributed by atoms with van der Waals surface area (Å²) in [6.45, 7) is 3.29. The summed E-state index contributed by atoms with van der Waals surface area (Å²) in [4.78, 5) is 18.7. The van der Waals surface area contributed by atoms with E-state index in [1.54, 1.807) is 25.4 Å². The van der Waals surface area contributed by atoms with Gasteiger partial charge in [-0.15, -0.1) is 0 Å². The predicted octanol–water partition coefficient (Wildman–Crippen LogP) is 3.30. The Balaban J connectivity index is 1.55. The second-order valence-electron chi connectivity index (χ2n) is 8.22. The highest BCUT2D eigenvalue weighted by Gasteiger charge is 2.18. The first-order chi connectivity index (χ1) is 16.4. The van der Waals surface area contributed by atoms with Crippen molar-refractivity contribution in [1.29, 1.82) is 0 Å². The van der Waals surface area contributed by atoms with Gasteiger partial charge in [0, 0.05) is 62.9 Å². The summed E-state index contributed by atoms with van der Waals surface area (Å²) in [5, 5.41) is 14.3. The highest BCUT2D eigenvalue weighted by molar-refractivity contribution is 5.83. The fourth-order valence-corrected chi connectivity index (χ4v) is 4.21. The molecule has 174 valence electrons. The van der Waals surface area contributed by atoms with Crippen molar-refractivity contribution in [2.75, 3.05) is 31.1 Å². The molecule has 5 rings (SSSR count). The lowest BCUT2D eigenvalue weighted by Crippen LogP contribution is -2.43. The number of nitrogens with one attached hydrogen (secondary N) is 1. The predicted molar refractivity (Wildman–Crippen MR) is 126 cm³/mol. The van der Waals surface area contributed by atoms with Crippen LogP contribution >= 0.6 is 0 Å². The largest absolute Gasteiger partial charge is 0.507 e. The fraction of sp³-hybridized carbons (Fsp3) is 0.200. The number of aromatic hydroxyl groups is 1. The van der Waals surface area contributed by atoms with Gasteiger partial charge in [0.1, 0.15) is 23.2 Å². The number of halogens is 2. The van der Waals surface area contributed by atoms with E-state index in [1.165, 1.54) is 45.8 Å². The van der Waals surface area contributed by atoms with Crippen molar-refractivity contribution in [2.45, 2.75) is 0 Å². The summed E-state index contributed by atoms with van der Waals surface area (Å²) < 4.78 is 32.1. The fourth-order valence-electron chi connectivity index (χ4n) is 4.21. The van der Waals surface area contributed by atoms with Gasteiger partial charge in [-0.2, -0.15) is 0 Å². The Labute approximate surface area is 194 Å².